The molecule has 0 aliphatic carbocycles. The standard InChI is InChI=1S/C18H23N5O3/c1-3-22-12-15(11-20-22)13-6-8-21(9-7-13)16-5-4-14(18(24)19-2)10-17(16)23(25)26/h4-5,10-13H,3,6-9H2,1-2H3,(H,19,24). The summed E-state index contributed by atoms with van der Waals surface area (Å²) >= 11 is 0. The number of nitrogens with one attached hydrogen (secondary N) is 1. The summed E-state index contributed by atoms with van der Waals surface area (Å²) in [5, 5.41) is 18.3. The van der Waals surface area contributed by atoms with Crippen molar-refractivity contribution in [2.75, 3.05) is 25.0 Å². The molecule has 8 nitrogen and oxygen atoms in total. The van der Waals surface area contributed by atoms with E-state index in [1.807, 2.05) is 15.8 Å². The van der Waals surface area contributed by atoms with E-state index in [1.165, 1.54) is 18.7 Å². The van der Waals surface area contributed by atoms with Crippen LogP contribution in [0, 0.1) is 10.1 Å². The fourth-order valence-electron chi connectivity index (χ4n) is 3.44. The van der Waals surface area contributed by atoms with Gasteiger partial charge in [0.15, 0.2) is 0 Å². The van der Waals surface area contributed by atoms with Gasteiger partial charge in [-0.1, -0.05) is 0 Å². The Hall–Kier alpha value is -2.90. The fourth-order valence-corrected chi connectivity index (χ4v) is 3.44. The summed E-state index contributed by atoms with van der Waals surface area (Å²) in [6.07, 6.45) is 5.85. The molecule has 1 fully saturated rings. The molecule has 1 N–H and O–H groups in total. The van der Waals surface area contributed by atoms with Crippen LogP contribution in [0.2, 0.25) is 0 Å². The van der Waals surface area contributed by atoms with E-state index in [0.29, 0.717) is 17.2 Å². The maximum Gasteiger partial charge on any atom is 0.293 e. The first-order valence-electron chi connectivity index (χ1n) is 8.81. The molecule has 0 radical (unpaired) electrons. The Kier molecular flexibility index (Phi) is 5.20. The number of carbonyl (C=O) groups is 1. The predicted octanol–water partition coefficient (Wildman–Crippen LogP) is 2.55. The molecule has 0 spiro atoms. The maximum atomic E-state index is 11.7. The van der Waals surface area contributed by atoms with Crippen molar-refractivity contribution in [2.24, 2.45) is 0 Å². The average molecular weight is 357 g/mol. The van der Waals surface area contributed by atoms with E-state index in [0.717, 1.165) is 32.5 Å². The highest BCUT2D eigenvalue weighted by atomic mass is 16.6. The van der Waals surface area contributed by atoms with Gasteiger partial charge in [-0.25, -0.2) is 0 Å². The van der Waals surface area contributed by atoms with Gasteiger partial charge < -0.3 is 10.2 Å². The van der Waals surface area contributed by atoms with Crippen molar-refractivity contribution in [3.05, 3.63) is 51.8 Å². The number of amides is 1. The minimum absolute atomic E-state index is 0.0247. The van der Waals surface area contributed by atoms with Crippen molar-refractivity contribution in [1.29, 1.82) is 0 Å². The van der Waals surface area contributed by atoms with E-state index in [1.54, 1.807) is 12.1 Å². The number of nitrogens with zero attached hydrogens (tertiary/aromatic N) is 4. The molecule has 0 atom stereocenters. The quantitative estimate of drug-likeness (QED) is 0.656. The highest BCUT2D eigenvalue weighted by Gasteiger charge is 2.27. The van der Waals surface area contributed by atoms with E-state index >= 15 is 0 Å². The summed E-state index contributed by atoms with van der Waals surface area (Å²) in [4.78, 5) is 24.8. The zero-order valence-electron chi connectivity index (χ0n) is 15.0. The SMILES string of the molecule is CCn1cc(C2CCN(c3ccc(C(=O)NC)cc3[N+](=O)[O-])CC2)cn1. The average Bonchev–Trinajstić information content (AvgIpc) is 3.16. The van der Waals surface area contributed by atoms with Gasteiger partial charge in [-0.05, 0) is 43.4 Å². The molecular formula is C18H23N5O3. The van der Waals surface area contributed by atoms with Crippen LogP contribution in [0.4, 0.5) is 11.4 Å². The fraction of sp³-hybridized carbons (Fsp3) is 0.444. The van der Waals surface area contributed by atoms with E-state index in [-0.39, 0.29) is 11.6 Å². The number of aryl methyl sites for hydroxylation is 1. The van der Waals surface area contributed by atoms with Crippen molar-refractivity contribution in [3.63, 3.8) is 0 Å². The van der Waals surface area contributed by atoms with Gasteiger partial charge >= 0.3 is 0 Å². The predicted molar refractivity (Wildman–Crippen MR) is 98.6 cm³/mol. The van der Waals surface area contributed by atoms with E-state index < -0.39 is 4.92 Å². The van der Waals surface area contributed by atoms with Crippen LogP contribution in [0.25, 0.3) is 0 Å². The zero-order chi connectivity index (χ0) is 18.7. The number of hydrogen-bond acceptors (Lipinski definition) is 5. The molecule has 26 heavy (non-hydrogen) atoms. The first kappa shape index (κ1) is 17.9. The van der Waals surface area contributed by atoms with Gasteiger partial charge in [-0.2, -0.15) is 5.10 Å². The lowest BCUT2D eigenvalue weighted by molar-refractivity contribution is -0.384. The molecule has 1 aliphatic heterocycles. The monoisotopic (exact) mass is 357 g/mol. The molecule has 1 aromatic carbocycles. The first-order chi connectivity index (χ1) is 12.5. The van der Waals surface area contributed by atoms with E-state index in [4.69, 9.17) is 0 Å². The van der Waals surface area contributed by atoms with Gasteiger partial charge in [-0.3, -0.25) is 19.6 Å². The highest BCUT2D eigenvalue weighted by Crippen LogP contribution is 2.35. The van der Waals surface area contributed by atoms with Crippen LogP contribution in [0.3, 0.4) is 0 Å². The normalized spacial score (nSPS) is 15.1. The lowest BCUT2D eigenvalue weighted by Crippen LogP contribution is -2.33. The molecular weight excluding hydrogens is 334 g/mol. The van der Waals surface area contributed by atoms with Gasteiger partial charge in [0.1, 0.15) is 5.69 Å². The molecule has 2 heterocycles. The minimum Gasteiger partial charge on any atom is -0.366 e. The molecule has 0 unspecified atom stereocenters. The Morgan fingerprint density at radius 2 is 2.12 bits per heavy atom. The number of nitro benzene ring substituents is 1. The maximum absolute atomic E-state index is 11.7. The summed E-state index contributed by atoms with van der Waals surface area (Å²) in [6, 6.07) is 4.67. The molecule has 1 aromatic heterocycles. The number of aromatic nitrogens is 2. The van der Waals surface area contributed by atoms with Crippen molar-refractivity contribution in [3.8, 4) is 0 Å². The molecule has 138 valence electrons. The lowest BCUT2D eigenvalue weighted by Gasteiger charge is -2.33. The number of benzene rings is 1. The van der Waals surface area contributed by atoms with Crippen molar-refractivity contribution in [1.82, 2.24) is 15.1 Å². The second-order valence-corrected chi connectivity index (χ2v) is 6.43. The Bertz CT molecular complexity index is 809. The number of rotatable bonds is 5. The van der Waals surface area contributed by atoms with Crippen molar-refractivity contribution < 1.29 is 9.72 Å². The van der Waals surface area contributed by atoms with Gasteiger partial charge in [0.25, 0.3) is 11.6 Å². The lowest BCUT2D eigenvalue weighted by atomic mass is 9.91. The van der Waals surface area contributed by atoms with Crippen LogP contribution in [0.5, 0.6) is 0 Å². The smallest absolute Gasteiger partial charge is 0.293 e. The van der Waals surface area contributed by atoms with Crippen LogP contribution >= 0.6 is 0 Å². The van der Waals surface area contributed by atoms with E-state index in [2.05, 4.69) is 23.5 Å². The van der Waals surface area contributed by atoms with E-state index in [9.17, 15) is 14.9 Å². The Labute approximate surface area is 151 Å². The number of carbonyl (C=O) groups excluding carboxylic acids is 1. The van der Waals surface area contributed by atoms with Crippen molar-refractivity contribution in [2.45, 2.75) is 32.2 Å². The number of hydrogen-bond donors (Lipinski definition) is 1. The molecule has 1 amide bonds. The molecule has 3 rings (SSSR count). The Morgan fingerprint density at radius 1 is 1.38 bits per heavy atom. The Morgan fingerprint density at radius 3 is 2.69 bits per heavy atom. The number of anilines is 1. The molecule has 2 aromatic rings. The molecule has 8 heteroatoms. The zero-order valence-corrected chi connectivity index (χ0v) is 15.0. The second-order valence-electron chi connectivity index (χ2n) is 6.43. The topological polar surface area (TPSA) is 93.3 Å². The summed E-state index contributed by atoms with van der Waals surface area (Å²) in [5.74, 6) is 0.0991. The summed E-state index contributed by atoms with van der Waals surface area (Å²) in [6.45, 7) is 4.38. The van der Waals surface area contributed by atoms with Crippen LogP contribution in [-0.4, -0.2) is 40.7 Å². The third-order valence-corrected chi connectivity index (χ3v) is 4.95. The number of piperidine rings is 1. The minimum atomic E-state index is -0.418. The third kappa shape index (κ3) is 3.54. The third-order valence-electron chi connectivity index (χ3n) is 4.95. The second kappa shape index (κ2) is 7.55. The highest BCUT2D eigenvalue weighted by molar-refractivity contribution is 5.95. The van der Waals surface area contributed by atoms with Gasteiger partial charge in [0.2, 0.25) is 0 Å². The van der Waals surface area contributed by atoms with Crippen LogP contribution in [0.1, 0.15) is 41.6 Å². The van der Waals surface area contributed by atoms with Gasteiger partial charge in [-0.15, -0.1) is 0 Å². The molecule has 0 saturated carbocycles. The van der Waals surface area contributed by atoms with Crippen LogP contribution in [0.15, 0.2) is 30.6 Å². The van der Waals surface area contributed by atoms with Gasteiger partial charge in [0.05, 0.1) is 11.1 Å². The molecule has 1 aliphatic rings. The largest absolute Gasteiger partial charge is 0.366 e. The van der Waals surface area contributed by atoms with Crippen molar-refractivity contribution >= 4 is 17.3 Å². The molecule has 0 bridgehead atoms. The summed E-state index contributed by atoms with van der Waals surface area (Å²) in [7, 11) is 1.51. The first-order valence-corrected chi connectivity index (χ1v) is 8.81. The van der Waals surface area contributed by atoms with Crippen LogP contribution in [-0.2, 0) is 6.54 Å². The molecule has 1 saturated heterocycles. The number of nitro groups is 1. The van der Waals surface area contributed by atoms with Crippen LogP contribution < -0.4 is 10.2 Å². The van der Waals surface area contributed by atoms with Gasteiger partial charge in [0, 0.05) is 44.5 Å². The Balaban J connectivity index is 1.76. The summed E-state index contributed by atoms with van der Waals surface area (Å²) < 4.78 is 1.92. The summed E-state index contributed by atoms with van der Waals surface area (Å²) in [5.41, 5.74) is 2.08.